The molecule has 0 aromatic heterocycles. The lowest BCUT2D eigenvalue weighted by Gasteiger charge is -2.69. The average molecular weight is 634 g/mol. The predicted molar refractivity (Wildman–Crippen MR) is 189 cm³/mol. The molecule has 1 aliphatic heterocycles. The summed E-state index contributed by atoms with van der Waals surface area (Å²) in [5.74, 6) is 3.50. The summed E-state index contributed by atoms with van der Waals surface area (Å²) in [5, 5.41) is 0. The van der Waals surface area contributed by atoms with Crippen molar-refractivity contribution in [2.24, 2.45) is 68.8 Å². The van der Waals surface area contributed by atoms with Crippen LogP contribution in [-0.4, -0.2) is 29.6 Å². The highest BCUT2D eigenvalue weighted by Gasteiger charge is 2.71. The summed E-state index contributed by atoms with van der Waals surface area (Å²) in [6.07, 6.45) is 11.9. The van der Waals surface area contributed by atoms with Crippen LogP contribution in [0.5, 0.6) is 0 Å². The van der Waals surface area contributed by atoms with E-state index in [0.29, 0.717) is 53.8 Å². The zero-order valence-corrected chi connectivity index (χ0v) is 31.7. The Morgan fingerprint density at radius 3 is 2.30 bits per heavy atom. The minimum atomic E-state index is -0.474. The molecule has 4 nitrogen and oxygen atoms in total. The molecule has 6 unspecified atom stereocenters. The van der Waals surface area contributed by atoms with Crippen molar-refractivity contribution in [2.75, 3.05) is 6.61 Å². The second kappa shape index (κ2) is 10.8. The van der Waals surface area contributed by atoms with Crippen LogP contribution in [0.25, 0.3) is 0 Å². The molecule has 258 valence electrons. The van der Waals surface area contributed by atoms with Crippen molar-refractivity contribution in [1.82, 2.24) is 0 Å². The molecule has 0 radical (unpaired) electrons. The SMILES string of the molecule is CC1=CO[C@]2([C@H](C)C(C)C)CCC3(C)C4CCC([C@]5(C)CC6CC(=C6C)C5OCC(C)(N)C(C)C)[C@](C)(C(C)C)C4=CC(=O)[C@]13C2. The summed E-state index contributed by atoms with van der Waals surface area (Å²) in [6.45, 7) is 31.1. The number of rotatable bonds is 8. The van der Waals surface area contributed by atoms with E-state index in [1.807, 2.05) is 6.26 Å². The zero-order chi connectivity index (χ0) is 34.0. The van der Waals surface area contributed by atoms with E-state index >= 15 is 4.79 Å². The molecule has 11 atom stereocenters. The third-order valence-electron chi connectivity index (χ3n) is 16.6. The molecule has 3 saturated carbocycles. The molecule has 7 rings (SSSR count). The number of ether oxygens (including phenoxy) is 2. The number of carbonyl (C=O) groups excluding carboxylic acids is 1. The molecular formula is C42H67NO3. The van der Waals surface area contributed by atoms with Gasteiger partial charge in [-0.15, -0.1) is 0 Å². The van der Waals surface area contributed by atoms with Gasteiger partial charge in [-0.3, -0.25) is 4.79 Å². The largest absolute Gasteiger partial charge is 0.495 e. The first-order valence-electron chi connectivity index (χ1n) is 18.9. The molecule has 0 aromatic carbocycles. The molecule has 0 aromatic rings. The van der Waals surface area contributed by atoms with Crippen LogP contribution in [0.3, 0.4) is 0 Å². The minimum absolute atomic E-state index is 0.00233. The average Bonchev–Trinajstić information content (AvgIpc) is 2.99. The van der Waals surface area contributed by atoms with E-state index in [-0.39, 0.29) is 33.5 Å². The maximum atomic E-state index is 15.1. The molecule has 4 heteroatoms. The Hall–Kier alpha value is -1.39. The molecule has 1 heterocycles. The fourth-order valence-corrected chi connectivity index (χ4v) is 12.2. The van der Waals surface area contributed by atoms with Gasteiger partial charge in [0.25, 0.3) is 0 Å². The fourth-order valence-electron chi connectivity index (χ4n) is 12.2. The van der Waals surface area contributed by atoms with Crippen LogP contribution in [0.1, 0.15) is 135 Å². The summed E-state index contributed by atoms with van der Waals surface area (Å²) in [7, 11) is 0. The summed E-state index contributed by atoms with van der Waals surface area (Å²) >= 11 is 0. The second-order valence-corrected chi connectivity index (χ2v) is 19.3. The Kier molecular flexibility index (Phi) is 8.10. The van der Waals surface area contributed by atoms with E-state index in [0.717, 1.165) is 31.3 Å². The van der Waals surface area contributed by atoms with Gasteiger partial charge in [-0.2, -0.15) is 0 Å². The number of ketones is 1. The number of allylic oxidation sites excluding steroid dienone is 4. The number of carbonyl (C=O) groups is 1. The molecule has 0 amide bonds. The monoisotopic (exact) mass is 634 g/mol. The van der Waals surface area contributed by atoms with E-state index < -0.39 is 5.41 Å². The van der Waals surface area contributed by atoms with Gasteiger partial charge in [0.05, 0.1) is 24.4 Å². The highest BCUT2D eigenvalue weighted by molar-refractivity contribution is 6.00. The van der Waals surface area contributed by atoms with Crippen molar-refractivity contribution < 1.29 is 14.3 Å². The van der Waals surface area contributed by atoms with Gasteiger partial charge in [-0.25, -0.2) is 0 Å². The van der Waals surface area contributed by atoms with E-state index in [2.05, 4.69) is 96.1 Å². The fraction of sp³-hybridized carbons (Fsp3) is 0.833. The maximum absolute atomic E-state index is 15.1. The quantitative estimate of drug-likeness (QED) is 0.270. The van der Waals surface area contributed by atoms with Crippen LogP contribution >= 0.6 is 0 Å². The van der Waals surface area contributed by atoms with E-state index in [1.165, 1.54) is 30.4 Å². The molecular weight excluding hydrogens is 566 g/mol. The number of nitrogens with two attached hydrogens (primary N) is 1. The lowest BCUT2D eigenvalue weighted by molar-refractivity contribution is -0.190. The Morgan fingerprint density at radius 1 is 1.04 bits per heavy atom. The molecule has 0 saturated heterocycles. The standard InChI is InChI=1S/C42H67NO3/c1-24(2)29(9)41-17-16-38(11)32-14-15-34(37(10)20-30-18-31(28(30)8)36(37)45-23-39(12,43)25(3)4)40(13,26(5)6)33(32)19-35(44)42(38,22-41)27(7)21-46-41/h19,21,24-26,29-30,32,34,36H,14-18,20,22-23,43H2,1-13H3/t29-,30?,32?,34?,36?,37+,38?,39?,40-,41-,42+/m1/s1. The summed E-state index contributed by atoms with van der Waals surface area (Å²) in [4.78, 5) is 15.1. The maximum Gasteiger partial charge on any atom is 0.166 e. The molecule has 6 aliphatic carbocycles. The Morgan fingerprint density at radius 2 is 1.72 bits per heavy atom. The molecule has 2 N–H and O–H groups in total. The lowest BCUT2D eigenvalue weighted by atomic mass is 9.35. The van der Waals surface area contributed by atoms with E-state index in [4.69, 9.17) is 15.2 Å². The van der Waals surface area contributed by atoms with Gasteiger partial charge in [0.2, 0.25) is 0 Å². The number of hydrogen-bond acceptors (Lipinski definition) is 4. The summed E-state index contributed by atoms with van der Waals surface area (Å²) < 4.78 is 13.7. The Bertz CT molecular complexity index is 1370. The third kappa shape index (κ3) is 4.32. The van der Waals surface area contributed by atoms with Gasteiger partial charge in [-0.1, -0.05) is 80.4 Å². The predicted octanol–water partition coefficient (Wildman–Crippen LogP) is 9.83. The van der Waals surface area contributed by atoms with Crippen LogP contribution in [0, 0.1) is 63.1 Å². The zero-order valence-electron chi connectivity index (χ0n) is 31.7. The van der Waals surface area contributed by atoms with E-state index in [9.17, 15) is 0 Å². The molecule has 46 heavy (non-hydrogen) atoms. The summed E-state index contributed by atoms with van der Waals surface area (Å²) in [5.41, 5.74) is 11.2. The van der Waals surface area contributed by atoms with Crippen molar-refractivity contribution in [3.8, 4) is 0 Å². The van der Waals surface area contributed by atoms with Crippen LogP contribution in [0.15, 0.2) is 34.6 Å². The molecule has 4 bridgehead atoms. The first-order chi connectivity index (χ1) is 21.2. The summed E-state index contributed by atoms with van der Waals surface area (Å²) in [6, 6.07) is 0. The van der Waals surface area contributed by atoms with Crippen molar-refractivity contribution in [1.29, 1.82) is 0 Å². The smallest absolute Gasteiger partial charge is 0.166 e. The van der Waals surface area contributed by atoms with Gasteiger partial charge in [0, 0.05) is 17.4 Å². The molecule has 3 fully saturated rings. The van der Waals surface area contributed by atoms with Crippen LogP contribution < -0.4 is 5.73 Å². The molecule has 1 spiro atoms. The topological polar surface area (TPSA) is 61.6 Å². The molecule has 7 aliphatic rings. The van der Waals surface area contributed by atoms with Crippen molar-refractivity contribution in [3.05, 3.63) is 34.6 Å². The first-order valence-corrected chi connectivity index (χ1v) is 18.9. The third-order valence-corrected chi connectivity index (χ3v) is 16.6. The van der Waals surface area contributed by atoms with Crippen LogP contribution in [-0.2, 0) is 14.3 Å². The Labute approximate surface area is 281 Å². The van der Waals surface area contributed by atoms with Crippen LogP contribution in [0.4, 0.5) is 0 Å². The van der Waals surface area contributed by atoms with Gasteiger partial charge in [0.15, 0.2) is 5.78 Å². The van der Waals surface area contributed by atoms with Gasteiger partial charge >= 0.3 is 0 Å². The van der Waals surface area contributed by atoms with Gasteiger partial charge in [-0.05, 0) is 129 Å². The second-order valence-electron chi connectivity index (χ2n) is 19.3. The van der Waals surface area contributed by atoms with Gasteiger partial charge < -0.3 is 15.2 Å². The normalized spacial score (nSPS) is 45.4. The van der Waals surface area contributed by atoms with Crippen molar-refractivity contribution in [3.63, 3.8) is 0 Å². The van der Waals surface area contributed by atoms with Crippen molar-refractivity contribution >= 4 is 5.78 Å². The Balaban J connectivity index is 1.43. The minimum Gasteiger partial charge on any atom is -0.495 e. The highest BCUT2D eigenvalue weighted by atomic mass is 16.5. The van der Waals surface area contributed by atoms with Crippen LogP contribution in [0.2, 0.25) is 0 Å². The number of fused-ring (bicyclic) bond motifs is 5. The van der Waals surface area contributed by atoms with Crippen molar-refractivity contribution in [2.45, 2.75) is 152 Å². The van der Waals surface area contributed by atoms with Gasteiger partial charge in [0.1, 0.15) is 5.60 Å². The highest BCUT2D eigenvalue weighted by Crippen LogP contribution is 2.74. The van der Waals surface area contributed by atoms with E-state index in [1.54, 1.807) is 5.57 Å². The number of hydrogen-bond donors (Lipinski definition) is 1. The first kappa shape index (κ1) is 34.5. The lowest BCUT2D eigenvalue weighted by Crippen LogP contribution is -2.67.